The molecule has 8 heteroatoms. The largest absolute Gasteiger partial charge is 0.353 e. The maximum Gasteiger partial charge on any atom is 0.274 e. The van der Waals surface area contributed by atoms with Crippen LogP contribution in [0.2, 0.25) is 0 Å². The SMILES string of the molecule is O=C(N[C@H]1CCCN(c2cccnn2)C1)c1n[nH]nc1-c1ccccc1. The van der Waals surface area contributed by atoms with Gasteiger partial charge in [0.15, 0.2) is 11.5 Å². The van der Waals surface area contributed by atoms with Gasteiger partial charge in [-0.2, -0.15) is 20.5 Å². The van der Waals surface area contributed by atoms with Gasteiger partial charge in [0.25, 0.3) is 5.91 Å². The summed E-state index contributed by atoms with van der Waals surface area (Å²) >= 11 is 0. The Kier molecular flexibility index (Phi) is 4.55. The fourth-order valence-electron chi connectivity index (χ4n) is 3.21. The number of benzene rings is 1. The summed E-state index contributed by atoms with van der Waals surface area (Å²) in [6, 6.07) is 13.4. The summed E-state index contributed by atoms with van der Waals surface area (Å²) in [5.74, 6) is 0.612. The van der Waals surface area contributed by atoms with Gasteiger partial charge in [-0.05, 0) is 25.0 Å². The van der Waals surface area contributed by atoms with E-state index in [0.29, 0.717) is 17.9 Å². The molecule has 1 fully saturated rings. The fraction of sp³-hybridized carbons (Fsp3) is 0.278. The topological polar surface area (TPSA) is 99.7 Å². The average Bonchev–Trinajstić information content (AvgIpc) is 3.20. The molecule has 1 aliphatic heterocycles. The van der Waals surface area contributed by atoms with Crippen LogP contribution in [0.25, 0.3) is 11.3 Å². The van der Waals surface area contributed by atoms with Crippen LogP contribution in [-0.2, 0) is 0 Å². The molecule has 1 aliphatic rings. The third-order valence-corrected chi connectivity index (χ3v) is 4.45. The Hall–Kier alpha value is -3.29. The summed E-state index contributed by atoms with van der Waals surface area (Å²) in [4.78, 5) is 14.9. The normalized spacial score (nSPS) is 17.1. The number of piperidine rings is 1. The van der Waals surface area contributed by atoms with Crippen LogP contribution in [0, 0.1) is 0 Å². The number of rotatable bonds is 4. The van der Waals surface area contributed by atoms with Crippen LogP contribution in [0.15, 0.2) is 48.7 Å². The van der Waals surface area contributed by atoms with Crippen LogP contribution in [0.3, 0.4) is 0 Å². The van der Waals surface area contributed by atoms with Gasteiger partial charge in [-0.3, -0.25) is 4.79 Å². The molecular weight excluding hydrogens is 330 g/mol. The Balaban J connectivity index is 1.46. The standard InChI is InChI=1S/C18H19N7O/c26-18(17-16(22-24-23-17)13-6-2-1-3-7-13)20-14-8-5-11-25(12-14)15-9-4-10-19-21-15/h1-4,6-7,9-10,14H,5,8,11-12H2,(H,20,26)(H,22,23,24)/t14-/m0/s1. The number of aromatic amines is 1. The highest BCUT2D eigenvalue weighted by Gasteiger charge is 2.25. The van der Waals surface area contributed by atoms with Gasteiger partial charge in [0.05, 0.1) is 0 Å². The van der Waals surface area contributed by atoms with Crippen molar-refractivity contribution in [2.75, 3.05) is 18.0 Å². The van der Waals surface area contributed by atoms with Gasteiger partial charge in [0.2, 0.25) is 0 Å². The highest BCUT2D eigenvalue weighted by Crippen LogP contribution is 2.20. The fourth-order valence-corrected chi connectivity index (χ4v) is 3.21. The molecule has 4 rings (SSSR count). The van der Waals surface area contributed by atoms with Crippen molar-refractivity contribution in [1.82, 2.24) is 30.9 Å². The summed E-state index contributed by atoms with van der Waals surface area (Å²) in [5, 5.41) is 21.9. The van der Waals surface area contributed by atoms with Crippen molar-refractivity contribution in [3.63, 3.8) is 0 Å². The lowest BCUT2D eigenvalue weighted by atomic mass is 10.0. The first kappa shape index (κ1) is 16.2. The first-order valence-electron chi connectivity index (χ1n) is 8.61. The Morgan fingerprint density at radius 1 is 1.15 bits per heavy atom. The third-order valence-electron chi connectivity index (χ3n) is 4.45. The molecule has 2 N–H and O–H groups in total. The highest BCUT2D eigenvalue weighted by atomic mass is 16.2. The van der Waals surface area contributed by atoms with Crippen LogP contribution in [-0.4, -0.2) is 50.6 Å². The summed E-state index contributed by atoms with van der Waals surface area (Å²) in [6.07, 6.45) is 3.55. The Morgan fingerprint density at radius 2 is 2.04 bits per heavy atom. The molecule has 1 saturated heterocycles. The van der Waals surface area contributed by atoms with E-state index in [0.717, 1.165) is 30.8 Å². The number of nitrogens with one attached hydrogen (secondary N) is 2. The van der Waals surface area contributed by atoms with E-state index in [4.69, 9.17) is 0 Å². The number of anilines is 1. The Bertz CT molecular complexity index is 866. The summed E-state index contributed by atoms with van der Waals surface area (Å²) < 4.78 is 0. The van der Waals surface area contributed by atoms with E-state index in [2.05, 4.69) is 35.8 Å². The number of nitrogens with zero attached hydrogens (tertiary/aromatic N) is 5. The molecule has 0 saturated carbocycles. The smallest absolute Gasteiger partial charge is 0.274 e. The molecular formula is C18H19N7O. The second kappa shape index (κ2) is 7.30. The van der Waals surface area contributed by atoms with Crippen LogP contribution >= 0.6 is 0 Å². The van der Waals surface area contributed by atoms with Gasteiger partial charge in [-0.25, -0.2) is 0 Å². The second-order valence-electron chi connectivity index (χ2n) is 6.23. The van der Waals surface area contributed by atoms with Crippen molar-refractivity contribution >= 4 is 11.7 Å². The lowest BCUT2D eigenvalue weighted by Crippen LogP contribution is -2.48. The van der Waals surface area contributed by atoms with E-state index < -0.39 is 0 Å². The Labute approximate surface area is 150 Å². The van der Waals surface area contributed by atoms with Gasteiger partial charge in [0.1, 0.15) is 5.69 Å². The molecule has 132 valence electrons. The van der Waals surface area contributed by atoms with E-state index in [1.807, 2.05) is 42.5 Å². The second-order valence-corrected chi connectivity index (χ2v) is 6.23. The number of hydrogen-bond acceptors (Lipinski definition) is 6. The molecule has 0 bridgehead atoms. The third kappa shape index (κ3) is 3.39. The van der Waals surface area contributed by atoms with E-state index in [1.54, 1.807) is 6.20 Å². The summed E-state index contributed by atoms with van der Waals surface area (Å²) in [7, 11) is 0. The van der Waals surface area contributed by atoms with Crippen LogP contribution in [0.5, 0.6) is 0 Å². The number of hydrogen-bond donors (Lipinski definition) is 2. The Morgan fingerprint density at radius 3 is 2.85 bits per heavy atom. The number of aromatic nitrogens is 5. The first-order valence-corrected chi connectivity index (χ1v) is 8.61. The van der Waals surface area contributed by atoms with Crippen molar-refractivity contribution < 1.29 is 4.79 Å². The van der Waals surface area contributed by atoms with Gasteiger partial charge in [-0.15, -0.1) is 5.10 Å². The average molecular weight is 349 g/mol. The first-order chi connectivity index (χ1) is 12.8. The maximum atomic E-state index is 12.7. The molecule has 1 aromatic carbocycles. The summed E-state index contributed by atoms with van der Waals surface area (Å²) in [5.41, 5.74) is 1.73. The van der Waals surface area contributed by atoms with Crippen LogP contribution in [0.1, 0.15) is 23.3 Å². The van der Waals surface area contributed by atoms with Crippen molar-refractivity contribution in [2.45, 2.75) is 18.9 Å². The molecule has 26 heavy (non-hydrogen) atoms. The molecule has 2 aromatic heterocycles. The van der Waals surface area contributed by atoms with E-state index in [-0.39, 0.29) is 11.9 Å². The van der Waals surface area contributed by atoms with Crippen LogP contribution < -0.4 is 10.2 Å². The molecule has 0 aliphatic carbocycles. The van der Waals surface area contributed by atoms with Gasteiger partial charge in [0, 0.05) is 30.9 Å². The van der Waals surface area contributed by atoms with Gasteiger partial charge < -0.3 is 10.2 Å². The van der Waals surface area contributed by atoms with E-state index in [9.17, 15) is 4.79 Å². The molecule has 8 nitrogen and oxygen atoms in total. The minimum atomic E-state index is -0.219. The van der Waals surface area contributed by atoms with Crippen molar-refractivity contribution in [3.8, 4) is 11.3 Å². The van der Waals surface area contributed by atoms with Crippen molar-refractivity contribution in [3.05, 3.63) is 54.4 Å². The maximum absolute atomic E-state index is 12.7. The van der Waals surface area contributed by atoms with E-state index >= 15 is 0 Å². The molecule has 1 amide bonds. The lowest BCUT2D eigenvalue weighted by Gasteiger charge is -2.33. The predicted molar refractivity (Wildman–Crippen MR) is 96.6 cm³/mol. The van der Waals surface area contributed by atoms with Gasteiger partial charge >= 0.3 is 0 Å². The zero-order valence-corrected chi connectivity index (χ0v) is 14.2. The van der Waals surface area contributed by atoms with Crippen molar-refractivity contribution in [1.29, 1.82) is 0 Å². The number of carbonyl (C=O) groups excluding carboxylic acids is 1. The molecule has 3 heterocycles. The van der Waals surface area contributed by atoms with Crippen LogP contribution in [0.4, 0.5) is 5.82 Å². The molecule has 0 radical (unpaired) electrons. The molecule has 3 aromatic rings. The minimum absolute atomic E-state index is 0.0265. The number of amides is 1. The summed E-state index contributed by atoms with van der Waals surface area (Å²) in [6.45, 7) is 1.60. The number of H-pyrrole nitrogens is 1. The molecule has 0 spiro atoms. The lowest BCUT2D eigenvalue weighted by molar-refractivity contribution is 0.0928. The monoisotopic (exact) mass is 349 g/mol. The quantitative estimate of drug-likeness (QED) is 0.743. The zero-order valence-electron chi connectivity index (χ0n) is 14.2. The van der Waals surface area contributed by atoms with Gasteiger partial charge in [-0.1, -0.05) is 30.3 Å². The zero-order chi connectivity index (χ0) is 17.8. The highest BCUT2D eigenvalue weighted by molar-refractivity contribution is 5.98. The van der Waals surface area contributed by atoms with Crippen molar-refractivity contribution in [2.24, 2.45) is 0 Å². The minimum Gasteiger partial charge on any atom is -0.353 e. The number of carbonyl (C=O) groups is 1. The molecule has 0 unspecified atom stereocenters. The van der Waals surface area contributed by atoms with E-state index in [1.165, 1.54) is 0 Å². The predicted octanol–water partition coefficient (Wildman–Crippen LogP) is 1.66. The molecule has 1 atom stereocenters.